The molecule has 9 atom stereocenters. The van der Waals surface area contributed by atoms with Crippen molar-refractivity contribution < 1.29 is 55.8 Å². The van der Waals surface area contributed by atoms with Crippen LogP contribution in [0.15, 0.2) is 0 Å². The quantitative estimate of drug-likeness (QED) is 0.210. The van der Waals surface area contributed by atoms with E-state index in [4.69, 9.17) is 20.1 Å². The van der Waals surface area contributed by atoms with E-state index in [9.17, 15) is 35.7 Å². The Morgan fingerprint density at radius 2 is 1.43 bits per heavy atom. The molecule has 1 rings (SSSR count). The summed E-state index contributed by atoms with van der Waals surface area (Å²) in [5, 5.41) is 96.4. The van der Waals surface area contributed by atoms with Gasteiger partial charge in [-0.3, -0.25) is 0 Å². The molecule has 1 saturated heterocycles. The van der Waals surface area contributed by atoms with Crippen molar-refractivity contribution in [1.82, 2.24) is 0 Å². The average Bonchev–Trinajstić information content (AvgIpc) is 2.56. The van der Waals surface area contributed by atoms with Gasteiger partial charge in [0.1, 0.15) is 54.4 Å². The number of rotatable bonds is 7. The molecule has 1 aliphatic rings. The average molecular weight is 344 g/mol. The van der Waals surface area contributed by atoms with Gasteiger partial charge in [0.05, 0.1) is 19.8 Å². The van der Waals surface area contributed by atoms with E-state index >= 15 is 0 Å². The summed E-state index contributed by atoms with van der Waals surface area (Å²) >= 11 is 0. The Morgan fingerprint density at radius 3 is 1.87 bits per heavy atom. The van der Waals surface area contributed by atoms with E-state index in [1.165, 1.54) is 0 Å². The van der Waals surface area contributed by atoms with E-state index in [2.05, 4.69) is 0 Å². The van der Waals surface area contributed by atoms with Gasteiger partial charge in [0.2, 0.25) is 0 Å². The number of aliphatic hydroxyl groups is 10. The van der Waals surface area contributed by atoms with Crippen LogP contribution >= 0.6 is 0 Å². The summed E-state index contributed by atoms with van der Waals surface area (Å²) in [5.74, 6) is 0. The first-order valence-electron chi connectivity index (χ1n) is 6.95. The molecule has 0 aromatic carbocycles. The first kappa shape index (κ1) is 20.6. The maximum Gasteiger partial charge on any atom is 0.150 e. The second kappa shape index (κ2) is 8.09. The Labute approximate surface area is 131 Å². The minimum absolute atomic E-state index is 0.828. The van der Waals surface area contributed by atoms with E-state index < -0.39 is 74.3 Å². The largest absolute Gasteiger partial charge is 0.394 e. The summed E-state index contributed by atoms with van der Waals surface area (Å²) in [6, 6.07) is 0. The Hall–Kier alpha value is -0.440. The second-order valence-electron chi connectivity index (χ2n) is 5.53. The molecule has 0 radical (unpaired) electrons. The molecule has 0 aromatic rings. The monoisotopic (exact) mass is 344 g/mol. The zero-order valence-electron chi connectivity index (χ0n) is 12.1. The summed E-state index contributed by atoms with van der Waals surface area (Å²) in [4.78, 5) is 0. The van der Waals surface area contributed by atoms with Crippen LogP contribution in [0.2, 0.25) is 0 Å². The summed E-state index contributed by atoms with van der Waals surface area (Å²) in [6.45, 7) is -2.98. The first-order chi connectivity index (χ1) is 10.7. The Balaban J connectivity index is 3.24. The molecule has 11 nitrogen and oxygen atoms in total. The lowest BCUT2D eigenvalue weighted by molar-refractivity contribution is -0.312. The molecule has 0 aromatic heterocycles. The highest BCUT2D eigenvalue weighted by atomic mass is 16.6. The van der Waals surface area contributed by atoms with E-state index in [1.54, 1.807) is 0 Å². The van der Waals surface area contributed by atoms with Gasteiger partial charge in [-0.05, 0) is 0 Å². The standard InChI is InChI=1S/C12H24O11/c13-1-4(16)10(21)12(22,6(17)3-15)11-9(20)8(19)7(18)5(2-14)23-11/h4-11,13-22H,1-3H2/t4-,5-,6-,7-,8+,9-,10-,11?,12-/m1/s1. The highest BCUT2D eigenvalue weighted by Gasteiger charge is 2.59. The van der Waals surface area contributed by atoms with E-state index in [-0.39, 0.29) is 0 Å². The van der Waals surface area contributed by atoms with Crippen molar-refractivity contribution in [2.45, 2.75) is 54.4 Å². The molecule has 1 unspecified atom stereocenters. The van der Waals surface area contributed by atoms with Crippen molar-refractivity contribution in [3.05, 3.63) is 0 Å². The van der Waals surface area contributed by atoms with Gasteiger partial charge < -0.3 is 55.8 Å². The topological polar surface area (TPSA) is 212 Å². The number of ether oxygens (including phenoxy) is 1. The van der Waals surface area contributed by atoms with Crippen LogP contribution in [0.4, 0.5) is 0 Å². The maximum atomic E-state index is 10.6. The fourth-order valence-corrected chi connectivity index (χ4v) is 2.59. The van der Waals surface area contributed by atoms with Crippen molar-refractivity contribution in [1.29, 1.82) is 0 Å². The van der Waals surface area contributed by atoms with Gasteiger partial charge in [-0.1, -0.05) is 0 Å². The molecule has 1 heterocycles. The molecule has 0 bridgehead atoms. The number of aliphatic hydroxyl groups excluding tert-OH is 9. The van der Waals surface area contributed by atoms with Crippen LogP contribution in [0.5, 0.6) is 0 Å². The zero-order chi connectivity index (χ0) is 17.9. The normalized spacial score (nSPS) is 38.6. The molecule has 1 fully saturated rings. The van der Waals surface area contributed by atoms with Gasteiger partial charge in [-0.2, -0.15) is 0 Å². The lowest BCUT2D eigenvalue weighted by Gasteiger charge is -2.50. The van der Waals surface area contributed by atoms with E-state index in [0.717, 1.165) is 0 Å². The summed E-state index contributed by atoms with van der Waals surface area (Å²) in [7, 11) is 0. The van der Waals surface area contributed by atoms with E-state index in [0.29, 0.717) is 0 Å². The molecule has 10 N–H and O–H groups in total. The lowest BCUT2D eigenvalue weighted by Crippen LogP contribution is -2.73. The predicted octanol–water partition coefficient (Wildman–Crippen LogP) is -6.37. The first-order valence-corrected chi connectivity index (χ1v) is 6.95. The smallest absolute Gasteiger partial charge is 0.150 e. The molecule has 0 spiro atoms. The molecule has 23 heavy (non-hydrogen) atoms. The molecule has 11 heteroatoms. The maximum absolute atomic E-state index is 10.6. The van der Waals surface area contributed by atoms with Crippen molar-refractivity contribution in [2.24, 2.45) is 0 Å². The van der Waals surface area contributed by atoms with E-state index in [1.807, 2.05) is 0 Å². The SMILES string of the molecule is OC[C@@H](O)[C@@H](O)[C@@](O)(C1O[C@H](CO)[C@@H](O)[C@H](O)[C@H]1O)[C@H](O)CO. The zero-order valence-corrected chi connectivity index (χ0v) is 12.1. The highest BCUT2D eigenvalue weighted by molar-refractivity contribution is 5.08. The molecule has 0 aliphatic carbocycles. The minimum Gasteiger partial charge on any atom is -0.394 e. The fourth-order valence-electron chi connectivity index (χ4n) is 2.59. The van der Waals surface area contributed by atoms with Gasteiger partial charge in [0.15, 0.2) is 0 Å². The fraction of sp³-hybridized carbons (Fsp3) is 1.00. The van der Waals surface area contributed by atoms with Gasteiger partial charge >= 0.3 is 0 Å². The summed E-state index contributed by atoms with van der Waals surface area (Å²) < 4.78 is 5.05. The van der Waals surface area contributed by atoms with Crippen LogP contribution < -0.4 is 0 Å². The molecular formula is C12H24O11. The molecule has 1 aliphatic heterocycles. The van der Waals surface area contributed by atoms with Crippen LogP contribution in [0.1, 0.15) is 0 Å². The van der Waals surface area contributed by atoms with Crippen LogP contribution in [0.3, 0.4) is 0 Å². The molecule has 0 amide bonds. The molecular weight excluding hydrogens is 320 g/mol. The van der Waals surface area contributed by atoms with Gasteiger partial charge in [-0.15, -0.1) is 0 Å². The minimum atomic E-state index is -2.93. The highest BCUT2D eigenvalue weighted by Crippen LogP contribution is 2.34. The van der Waals surface area contributed by atoms with Gasteiger partial charge in [-0.25, -0.2) is 0 Å². The van der Waals surface area contributed by atoms with Crippen molar-refractivity contribution in [3.63, 3.8) is 0 Å². The summed E-state index contributed by atoms with van der Waals surface area (Å²) in [6.07, 6.45) is -15.6. The van der Waals surface area contributed by atoms with Crippen LogP contribution in [-0.2, 0) is 4.74 Å². The Kier molecular flexibility index (Phi) is 7.25. The van der Waals surface area contributed by atoms with Gasteiger partial charge in [0.25, 0.3) is 0 Å². The van der Waals surface area contributed by atoms with Crippen LogP contribution in [0.25, 0.3) is 0 Å². The van der Waals surface area contributed by atoms with Gasteiger partial charge in [0, 0.05) is 0 Å². The third-order valence-electron chi connectivity index (χ3n) is 4.08. The Bertz CT molecular complexity index is 367. The van der Waals surface area contributed by atoms with Crippen molar-refractivity contribution in [2.75, 3.05) is 19.8 Å². The lowest BCUT2D eigenvalue weighted by atomic mass is 9.76. The van der Waals surface area contributed by atoms with Crippen molar-refractivity contribution >= 4 is 0 Å². The number of hydrogen-bond donors (Lipinski definition) is 10. The van der Waals surface area contributed by atoms with Crippen LogP contribution in [-0.4, -0.2) is 125 Å². The predicted molar refractivity (Wildman–Crippen MR) is 70.9 cm³/mol. The third kappa shape index (κ3) is 3.65. The second-order valence-corrected chi connectivity index (χ2v) is 5.53. The van der Waals surface area contributed by atoms with Crippen LogP contribution in [0, 0.1) is 0 Å². The number of hydrogen-bond acceptors (Lipinski definition) is 11. The summed E-state index contributed by atoms with van der Waals surface area (Å²) in [5.41, 5.74) is -2.93. The molecule has 0 saturated carbocycles. The van der Waals surface area contributed by atoms with Crippen molar-refractivity contribution in [3.8, 4) is 0 Å². The molecule has 138 valence electrons. The Morgan fingerprint density at radius 1 is 0.870 bits per heavy atom. The third-order valence-corrected chi connectivity index (χ3v) is 4.08.